The first-order valence-corrected chi connectivity index (χ1v) is 4.30. The minimum atomic E-state index is 0. The van der Waals surface area contributed by atoms with Crippen molar-refractivity contribution in [2.45, 2.75) is 31.7 Å². The first kappa shape index (κ1) is 12.5. The number of hydrogen-bond acceptors (Lipinski definition) is 2. The molecule has 1 atom stereocenters. The molecule has 1 aliphatic heterocycles. The lowest BCUT2D eigenvalue weighted by molar-refractivity contribution is 0.0536. The first-order chi connectivity index (χ1) is 4.83. The highest BCUT2D eigenvalue weighted by atomic mass is 35.5. The largest absolute Gasteiger partial charge is 0.327 e. The van der Waals surface area contributed by atoms with Crippen LogP contribution >= 0.6 is 24.8 Å². The van der Waals surface area contributed by atoms with Crippen LogP contribution < -0.4 is 11.1 Å². The van der Waals surface area contributed by atoms with E-state index in [1.807, 2.05) is 0 Å². The molecular formula is C8H18Cl2N2. The summed E-state index contributed by atoms with van der Waals surface area (Å²) >= 11 is 0. The van der Waals surface area contributed by atoms with Crippen molar-refractivity contribution >= 4 is 24.8 Å². The van der Waals surface area contributed by atoms with Crippen molar-refractivity contribution in [1.29, 1.82) is 0 Å². The topological polar surface area (TPSA) is 38.0 Å². The summed E-state index contributed by atoms with van der Waals surface area (Å²) in [6.07, 6.45) is 5.28. The van der Waals surface area contributed by atoms with E-state index < -0.39 is 0 Å². The number of nitrogens with one attached hydrogen (secondary N) is 1. The highest BCUT2D eigenvalue weighted by Gasteiger charge is 2.44. The quantitative estimate of drug-likeness (QED) is 0.636. The van der Waals surface area contributed by atoms with Gasteiger partial charge >= 0.3 is 0 Å². The second kappa shape index (κ2) is 4.66. The van der Waals surface area contributed by atoms with Crippen LogP contribution in [0, 0.1) is 5.41 Å². The Hall–Kier alpha value is 0.500. The number of hydrogen-bond donors (Lipinski definition) is 2. The van der Waals surface area contributed by atoms with E-state index >= 15 is 0 Å². The highest BCUT2D eigenvalue weighted by molar-refractivity contribution is 5.85. The maximum Gasteiger partial charge on any atom is 0.00967 e. The minimum absolute atomic E-state index is 0. The van der Waals surface area contributed by atoms with Crippen molar-refractivity contribution in [3.63, 3.8) is 0 Å². The maximum atomic E-state index is 5.96. The second-order valence-electron chi connectivity index (χ2n) is 3.76. The molecule has 1 aliphatic carbocycles. The van der Waals surface area contributed by atoms with Crippen molar-refractivity contribution < 1.29 is 0 Å². The van der Waals surface area contributed by atoms with Gasteiger partial charge in [-0.15, -0.1) is 24.8 Å². The summed E-state index contributed by atoms with van der Waals surface area (Å²) in [5, 5.41) is 3.37. The van der Waals surface area contributed by atoms with Gasteiger partial charge in [0.2, 0.25) is 0 Å². The summed E-state index contributed by atoms with van der Waals surface area (Å²) in [4.78, 5) is 0. The standard InChI is InChI=1S/C8H16N2.2ClH/c9-7-1-2-8(7)3-5-10-6-4-8;;/h7,10H,1-6,9H2;2*1H/t7-;;/m0../s1. The maximum absolute atomic E-state index is 5.96. The Bertz CT molecular complexity index is 135. The average molecular weight is 213 g/mol. The fourth-order valence-electron chi connectivity index (χ4n) is 2.26. The minimum Gasteiger partial charge on any atom is -0.327 e. The Balaban J connectivity index is 0.000000605. The summed E-state index contributed by atoms with van der Waals surface area (Å²) in [6.45, 7) is 2.38. The molecule has 0 aromatic heterocycles. The summed E-state index contributed by atoms with van der Waals surface area (Å²) in [5.41, 5.74) is 6.54. The molecule has 1 spiro atoms. The van der Waals surface area contributed by atoms with Gasteiger partial charge in [0.05, 0.1) is 0 Å². The normalized spacial score (nSPS) is 31.2. The summed E-state index contributed by atoms with van der Waals surface area (Å²) in [5.74, 6) is 0. The number of nitrogens with two attached hydrogens (primary N) is 1. The molecule has 12 heavy (non-hydrogen) atoms. The van der Waals surface area contributed by atoms with Gasteiger partial charge in [-0.2, -0.15) is 0 Å². The summed E-state index contributed by atoms with van der Waals surface area (Å²) in [6, 6.07) is 0.523. The van der Waals surface area contributed by atoms with Crippen LogP contribution in [0.4, 0.5) is 0 Å². The number of halogens is 2. The zero-order valence-corrected chi connectivity index (χ0v) is 8.85. The van der Waals surface area contributed by atoms with Gasteiger partial charge in [0, 0.05) is 6.04 Å². The lowest BCUT2D eigenvalue weighted by Crippen LogP contribution is -2.55. The Kier molecular flexibility index (Phi) is 4.85. The van der Waals surface area contributed by atoms with E-state index in [0.717, 1.165) is 0 Å². The Morgan fingerprint density at radius 2 is 1.67 bits per heavy atom. The van der Waals surface area contributed by atoms with Crippen molar-refractivity contribution in [1.82, 2.24) is 5.32 Å². The van der Waals surface area contributed by atoms with Gasteiger partial charge in [0.1, 0.15) is 0 Å². The Labute approximate surface area is 86.5 Å². The van der Waals surface area contributed by atoms with Gasteiger partial charge in [-0.25, -0.2) is 0 Å². The molecule has 0 aromatic carbocycles. The van der Waals surface area contributed by atoms with Crippen molar-refractivity contribution in [2.75, 3.05) is 13.1 Å². The Morgan fingerprint density at radius 1 is 1.08 bits per heavy atom. The summed E-state index contributed by atoms with van der Waals surface area (Å²) in [7, 11) is 0. The van der Waals surface area contributed by atoms with E-state index in [-0.39, 0.29) is 24.8 Å². The molecule has 1 saturated carbocycles. The van der Waals surface area contributed by atoms with Crippen LogP contribution in [0.3, 0.4) is 0 Å². The van der Waals surface area contributed by atoms with Gasteiger partial charge in [0.25, 0.3) is 0 Å². The SMILES string of the molecule is Cl.Cl.N[C@H]1CCC12CCNCC2. The summed E-state index contributed by atoms with van der Waals surface area (Å²) < 4.78 is 0. The molecular weight excluding hydrogens is 195 g/mol. The molecule has 2 nitrogen and oxygen atoms in total. The Morgan fingerprint density at radius 3 is 1.92 bits per heavy atom. The van der Waals surface area contributed by atoms with E-state index in [1.54, 1.807) is 0 Å². The molecule has 0 aromatic rings. The average Bonchev–Trinajstić information content (AvgIpc) is 2.04. The molecule has 2 fully saturated rings. The molecule has 0 bridgehead atoms. The number of piperidine rings is 1. The molecule has 1 saturated heterocycles. The van der Waals surface area contributed by atoms with E-state index in [1.165, 1.54) is 38.8 Å². The van der Waals surface area contributed by atoms with Crippen LogP contribution in [0.25, 0.3) is 0 Å². The lowest BCUT2D eigenvalue weighted by Gasteiger charge is -2.50. The second-order valence-corrected chi connectivity index (χ2v) is 3.76. The molecule has 3 N–H and O–H groups in total. The van der Waals surface area contributed by atoms with Crippen LogP contribution in [0.2, 0.25) is 0 Å². The molecule has 0 unspecified atom stereocenters. The van der Waals surface area contributed by atoms with Crippen molar-refractivity contribution in [3.8, 4) is 0 Å². The van der Waals surface area contributed by atoms with Crippen LogP contribution in [-0.4, -0.2) is 19.1 Å². The van der Waals surface area contributed by atoms with Crippen molar-refractivity contribution in [2.24, 2.45) is 11.1 Å². The fraction of sp³-hybridized carbons (Fsp3) is 1.00. The van der Waals surface area contributed by atoms with E-state index in [0.29, 0.717) is 11.5 Å². The molecule has 2 aliphatic rings. The smallest absolute Gasteiger partial charge is 0.00967 e. The van der Waals surface area contributed by atoms with Crippen LogP contribution in [0.15, 0.2) is 0 Å². The lowest BCUT2D eigenvalue weighted by atomic mass is 9.60. The predicted octanol–water partition coefficient (Wildman–Crippen LogP) is 1.32. The zero-order valence-electron chi connectivity index (χ0n) is 7.21. The zero-order chi connectivity index (χ0) is 7.03. The van der Waals surface area contributed by atoms with Crippen LogP contribution in [0.5, 0.6) is 0 Å². The van der Waals surface area contributed by atoms with Gasteiger partial charge in [-0.1, -0.05) is 0 Å². The molecule has 0 amide bonds. The van der Waals surface area contributed by atoms with Gasteiger partial charge in [-0.05, 0) is 44.2 Å². The molecule has 0 radical (unpaired) electrons. The molecule has 2 rings (SSSR count). The highest BCUT2D eigenvalue weighted by Crippen LogP contribution is 2.46. The van der Waals surface area contributed by atoms with Crippen LogP contribution in [0.1, 0.15) is 25.7 Å². The molecule has 1 heterocycles. The van der Waals surface area contributed by atoms with Gasteiger partial charge < -0.3 is 11.1 Å². The third kappa shape index (κ3) is 1.87. The molecule has 74 valence electrons. The van der Waals surface area contributed by atoms with E-state index in [4.69, 9.17) is 5.73 Å². The first-order valence-electron chi connectivity index (χ1n) is 4.30. The van der Waals surface area contributed by atoms with Crippen molar-refractivity contribution in [3.05, 3.63) is 0 Å². The van der Waals surface area contributed by atoms with E-state index in [2.05, 4.69) is 5.32 Å². The third-order valence-electron chi connectivity index (χ3n) is 3.34. The monoisotopic (exact) mass is 212 g/mol. The molecule has 4 heteroatoms. The predicted molar refractivity (Wildman–Crippen MR) is 56.2 cm³/mol. The fourth-order valence-corrected chi connectivity index (χ4v) is 2.26. The van der Waals surface area contributed by atoms with E-state index in [9.17, 15) is 0 Å². The van der Waals surface area contributed by atoms with Gasteiger partial charge in [-0.3, -0.25) is 0 Å². The third-order valence-corrected chi connectivity index (χ3v) is 3.34. The van der Waals surface area contributed by atoms with Gasteiger partial charge in [0.15, 0.2) is 0 Å². The van der Waals surface area contributed by atoms with Crippen LogP contribution in [-0.2, 0) is 0 Å². The number of rotatable bonds is 0.